The van der Waals surface area contributed by atoms with Crippen molar-refractivity contribution in [1.29, 1.82) is 0 Å². The van der Waals surface area contributed by atoms with Crippen LogP contribution in [0.1, 0.15) is 29.5 Å². The Morgan fingerprint density at radius 3 is 2.37 bits per heavy atom. The molecule has 0 amide bonds. The molecule has 0 spiro atoms. The first-order valence-electron chi connectivity index (χ1n) is 6.83. The summed E-state index contributed by atoms with van der Waals surface area (Å²) in [5, 5.41) is 4.49. The lowest BCUT2D eigenvalue weighted by molar-refractivity contribution is 0.627. The van der Waals surface area contributed by atoms with Gasteiger partial charge < -0.3 is 0 Å². The normalized spacial score (nSPS) is 14.2. The maximum atomic E-state index is 12.2. The summed E-state index contributed by atoms with van der Waals surface area (Å²) in [6, 6.07) is 8.38. The van der Waals surface area contributed by atoms with Crippen molar-refractivity contribution in [3.05, 3.63) is 51.3 Å². The smallest absolute Gasteiger partial charge is 0.268 e. The maximum absolute atomic E-state index is 12.2. The van der Waals surface area contributed by atoms with E-state index in [-0.39, 0.29) is 5.56 Å². The van der Waals surface area contributed by atoms with Gasteiger partial charge in [0.15, 0.2) is 0 Å². The van der Waals surface area contributed by atoms with Gasteiger partial charge in [0, 0.05) is 18.2 Å². The molecule has 0 unspecified atom stereocenters. The van der Waals surface area contributed by atoms with Gasteiger partial charge in [-0.15, -0.1) is 0 Å². The minimum absolute atomic E-state index is 0.0746. The van der Waals surface area contributed by atoms with E-state index in [9.17, 15) is 4.79 Å². The van der Waals surface area contributed by atoms with E-state index in [0.29, 0.717) is 0 Å². The molecule has 98 valence electrons. The minimum atomic E-state index is 0.0746. The van der Waals surface area contributed by atoms with E-state index in [1.807, 2.05) is 0 Å². The summed E-state index contributed by atoms with van der Waals surface area (Å²) in [5.74, 6) is 0. The van der Waals surface area contributed by atoms with Crippen LogP contribution in [0.5, 0.6) is 0 Å². The van der Waals surface area contributed by atoms with Gasteiger partial charge in [-0.25, -0.2) is 4.68 Å². The van der Waals surface area contributed by atoms with Gasteiger partial charge in [-0.1, -0.05) is 29.8 Å². The number of rotatable bonds is 1. The number of aromatic nitrogens is 2. The molecule has 1 aromatic heterocycles. The Hall–Kier alpha value is -1.90. The highest BCUT2D eigenvalue weighted by molar-refractivity contribution is 5.64. The van der Waals surface area contributed by atoms with E-state index in [0.717, 1.165) is 42.5 Å². The first-order valence-corrected chi connectivity index (χ1v) is 6.83. The van der Waals surface area contributed by atoms with Crippen LogP contribution in [0.15, 0.2) is 29.1 Å². The molecule has 1 aliphatic rings. The van der Waals surface area contributed by atoms with Crippen molar-refractivity contribution in [3.8, 4) is 11.3 Å². The molecular formula is C16H18N2O. The zero-order chi connectivity index (χ0) is 13.4. The SMILES string of the molecule is Cc1ccc(-c2nn(C)c(=O)c3c2CCCC3)cc1. The zero-order valence-corrected chi connectivity index (χ0v) is 11.4. The predicted octanol–water partition coefficient (Wildman–Crippen LogP) is 2.63. The van der Waals surface area contributed by atoms with E-state index in [1.54, 1.807) is 7.05 Å². The number of benzene rings is 1. The molecule has 0 saturated carbocycles. The molecule has 1 aliphatic carbocycles. The summed E-state index contributed by atoms with van der Waals surface area (Å²) >= 11 is 0. The summed E-state index contributed by atoms with van der Waals surface area (Å²) < 4.78 is 1.49. The van der Waals surface area contributed by atoms with Crippen molar-refractivity contribution in [2.75, 3.05) is 0 Å². The summed E-state index contributed by atoms with van der Waals surface area (Å²) in [7, 11) is 1.74. The number of aryl methyl sites for hydroxylation is 2. The fourth-order valence-electron chi connectivity index (χ4n) is 2.80. The predicted molar refractivity (Wildman–Crippen MR) is 76.3 cm³/mol. The highest BCUT2D eigenvalue weighted by Crippen LogP contribution is 2.27. The van der Waals surface area contributed by atoms with E-state index in [4.69, 9.17) is 0 Å². The van der Waals surface area contributed by atoms with Gasteiger partial charge in [-0.05, 0) is 38.2 Å². The van der Waals surface area contributed by atoms with Gasteiger partial charge in [0.1, 0.15) is 0 Å². The van der Waals surface area contributed by atoms with Crippen LogP contribution in [0, 0.1) is 6.92 Å². The van der Waals surface area contributed by atoms with E-state index < -0.39 is 0 Å². The van der Waals surface area contributed by atoms with Crippen molar-refractivity contribution >= 4 is 0 Å². The van der Waals surface area contributed by atoms with Crippen LogP contribution in [0.2, 0.25) is 0 Å². The zero-order valence-electron chi connectivity index (χ0n) is 11.4. The molecule has 0 aliphatic heterocycles. The molecule has 0 N–H and O–H groups in total. The third kappa shape index (κ3) is 2.09. The lowest BCUT2D eigenvalue weighted by Gasteiger charge is -2.19. The monoisotopic (exact) mass is 254 g/mol. The van der Waals surface area contributed by atoms with Crippen molar-refractivity contribution in [2.24, 2.45) is 7.05 Å². The minimum Gasteiger partial charge on any atom is -0.268 e. The number of fused-ring (bicyclic) bond motifs is 1. The van der Waals surface area contributed by atoms with Gasteiger partial charge in [0.2, 0.25) is 0 Å². The highest BCUT2D eigenvalue weighted by atomic mass is 16.1. The average molecular weight is 254 g/mol. The first-order chi connectivity index (χ1) is 9.16. The van der Waals surface area contributed by atoms with E-state index in [1.165, 1.54) is 15.8 Å². The molecule has 0 bridgehead atoms. The summed E-state index contributed by atoms with van der Waals surface area (Å²) in [6.45, 7) is 2.08. The standard InChI is InChI=1S/C16H18N2O/c1-11-7-9-12(10-8-11)15-13-5-3-4-6-14(13)16(19)18(2)17-15/h7-10H,3-6H2,1-2H3. The van der Waals surface area contributed by atoms with Crippen molar-refractivity contribution in [3.63, 3.8) is 0 Å². The quantitative estimate of drug-likeness (QED) is 0.784. The molecular weight excluding hydrogens is 236 g/mol. The number of nitrogens with zero attached hydrogens (tertiary/aromatic N) is 2. The molecule has 19 heavy (non-hydrogen) atoms. The van der Waals surface area contributed by atoms with Crippen LogP contribution in [-0.4, -0.2) is 9.78 Å². The highest BCUT2D eigenvalue weighted by Gasteiger charge is 2.19. The molecule has 3 heteroatoms. The fraction of sp³-hybridized carbons (Fsp3) is 0.375. The summed E-state index contributed by atoms with van der Waals surface area (Å²) in [5.41, 5.74) is 5.54. The van der Waals surface area contributed by atoms with Gasteiger partial charge in [-0.3, -0.25) is 4.79 Å². The Morgan fingerprint density at radius 2 is 1.68 bits per heavy atom. The largest absolute Gasteiger partial charge is 0.269 e. The average Bonchev–Trinajstić information content (AvgIpc) is 2.44. The van der Waals surface area contributed by atoms with Gasteiger partial charge in [0.25, 0.3) is 5.56 Å². The van der Waals surface area contributed by atoms with Crippen LogP contribution in [0.4, 0.5) is 0 Å². The Bertz CT molecular complexity index is 668. The first kappa shape index (κ1) is 12.2. The van der Waals surface area contributed by atoms with Crippen LogP contribution in [0.3, 0.4) is 0 Å². The second kappa shape index (κ2) is 4.65. The van der Waals surface area contributed by atoms with Gasteiger partial charge in [-0.2, -0.15) is 5.10 Å². The fourth-order valence-corrected chi connectivity index (χ4v) is 2.80. The third-order valence-electron chi connectivity index (χ3n) is 3.88. The topological polar surface area (TPSA) is 34.9 Å². The molecule has 0 fully saturated rings. The lowest BCUT2D eigenvalue weighted by Crippen LogP contribution is -2.28. The lowest BCUT2D eigenvalue weighted by atomic mass is 9.89. The third-order valence-corrected chi connectivity index (χ3v) is 3.88. The molecule has 2 aromatic rings. The Morgan fingerprint density at radius 1 is 1.05 bits per heavy atom. The van der Waals surface area contributed by atoms with E-state index >= 15 is 0 Å². The Labute approximate surface area is 112 Å². The Kier molecular flexibility index (Phi) is 2.97. The molecule has 0 saturated heterocycles. The molecule has 0 atom stereocenters. The van der Waals surface area contributed by atoms with Crippen LogP contribution >= 0.6 is 0 Å². The van der Waals surface area contributed by atoms with Crippen LogP contribution < -0.4 is 5.56 Å². The summed E-state index contributed by atoms with van der Waals surface area (Å²) in [6.07, 6.45) is 4.13. The van der Waals surface area contributed by atoms with Crippen molar-refractivity contribution in [1.82, 2.24) is 9.78 Å². The molecule has 3 nitrogen and oxygen atoms in total. The number of hydrogen-bond acceptors (Lipinski definition) is 2. The van der Waals surface area contributed by atoms with Crippen LogP contribution in [-0.2, 0) is 19.9 Å². The van der Waals surface area contributed by atoms with E-state index in [2.05, 4.69) is 36.3 Å². The van der Waals surface area contributed by atoms with Crippen molar-refractivity contribution in [2.45, 2.75) is 32.6 Å². The molecule has 1 aromatic carbocycles. The van der Waals surface area contributed by atoms with Gasteiger partial charge in [0.05, 0.1) is 5.69 Å². The Balaban J connectivity index is 2.23. The molecule has 0 radical (unpaired) electrons. The molecule has 3 rings (SSSR count). The summed E-state index contributed by atoms with van der Waals surface area (Å²) in [4.78, 5) is 12.2. The maximum Gasteiger partial charge on any atom is 0.269 e. The van der Waals surface area contributed by atoms with Crippen LogP contribution in [0.25, 0.3) is 11.3 Å². The van der Waals surface area contributed by atoms with Gasteiger partial charge >= 0.3 is 0 Å². The molecule has 1 heterocycles. The second-order valence-electron chi connectivity index (χ2n) is 5.31. The van der Waals surface area contributed by atoms with Crippen molar-refractivity contribution < 1.29 is 0 Å². The number of hydrogen-bond donors (Lipinski definition) is 0. The second-order valence-corrected chi connectivity index (χ2v) is 5.31.